The highest BCUT2D eigenvalue weighted by atomic mass is 79.9. The fraction of sp³-hybridized carbons (Fsp3) is 0.200. The van der Waals surface area contributed by atoms with E-state index < -0.39 is 0 Å². The molecule has 1 unspecified atom stereocenters. The van der Waals surface area contributed by atoms with E-state index in [0.717, 1.165) is 20.1 Å². The molecule has 106 valence electrons. The van der Waals surface area contributed by atoms with Crippen LogP contribution in [0, 0.1) is 0 Å². The van der Waals surface area contributed by atoms with Crippen LogP contribution in [0.15, 0.2) is 45.3 Å². The number of methoxy groups -OCH3 is 1. The fourth-order valence-corrected chi connectivity index (χ4v) is 3.22. The van der Waals surface area contributed by atoms with Gasteiger partial charge in [-0.2, -0.15) is 0 Å². The Kier molecular flexibility index (Phi) is 5.49. The van der Waals surface area contributed by atoms with E-state index in [1.165, 1.54) is 0 Å². The maximum Gasteiger partial charge on any atom is 0.137 e. The summed E-state index contributed by atoms with van der Waals surface area (Å²) in [5.74, 6) is 0.679. The molecule has 0 spiro atoms. The highest BCUT2D eigenvalue weighted by Crippen LogP contribution is 2.34. The molecule has 0 aromatic heterocycles. The second-order valence-corrected chi connectivity index (χ2v) is 6.46. The molecule has 0 heterocycles. The monoisotopic (exact) mass is 417 g/mol. The van der Waals surface area contributed by atoms with Gasteiger partial charge in [-0.1, -0.05) is 49.5 Å². The number of ether oxygens (including phenoxy) is 1. The molecule has 5 heteroatoms. The van der Waals surface area contributed by atoms with Crippen LogP contribution in [0.5, 0.6) is 5.75 Å². The lowest BCUT2D eigenvalue weighted by Gasteiger charge is -2.20. The summed E-state index contributed by atoms with van der Waals surface area (Å²) in [4.78, 5) is 0. The Morgan fingerprint density at radius 3 is 2.50 bits per heavy atom. The van der Waals surface area contributed by atoms with Crippen LogP contribution in [-0.2, 0) is 0 Å². The molecule has 2 aromatic carbocycles. The van der Waals surface area contributed by atoms with Gasteiger partial charge in [0.1, 0.15) is 5.75 Å². The van der Waals surface area contributed by atoms with Crippen LogP contribution in [0.2, 0.25) is 5.02 Å². The second-order valence-electron chi connectivity index (χ2n) is 4.28. The van der Waals surface area contributed by atoms with Gasteiger partial charge in [0, 0.05) is 8.95 Å². The van der Waals surface area contributed by atoms with Crippen molar-refractivity contribution in [2.75, 3.05) is 14.2 Å². The van der Waals surface area contributed by atoms with Crippen LogP contribution in [0.1, 0.15) is 17.2 Å². The zero-order chi connectivity index (χ0) is 14.7. The summed E-state index contributed by atoms with van der Waals surface area (Å²) < 4.78 is 7.28. The number of hydrogen-bond donors (Lipinski definition) is 1. The molecule has 0 bridgehead atoms. The minimum atomic E-state index is 0.0466. The van der Waals surface area contributed by atoms with E-state index >= 15 is 0 Å². The van der Waals surface area contributed by atoms with Gasteiger partial charge in [-0.3, -0.25) is 0 Å². The molecule has 0 saturated heterocycles. The third-order valence-electron chi connectivity index (χ3n) is 3.07. The summed E-state index contributed by atoms with van der Waals surface area (Å²) in [6, 6.07) is 12.0. The van der Waals surface area contributed by atoms with Crippen molar-refractivity contribution in [3.63, 3.8) is 0 Å². The van der Waals surface area contributed by atoms with Crippen molar-refractivity contribution in [2.45, 2.75) is 6.04 Å². The Hall–Kier alpha value is -0.550. The minimum absolute atomic E-state index is 0.0466. The SMILES string of the molecule is CNC(c1ccc(OC)c(Cl)c1)c1cc(Br)ccc1Br. The van der Waals surface area contributed by atoms with E-state index in [1.54, 1.807) is 7.11 Å². The van der Waals surface area contributed by atoms with Crippen molar-refractivity contribution in [2.24, 2.45) is 0 Å². The van der Waals surface area contributed by atoms with Gasteiger partial charge in [-0.25, -0.2) is 0 Å². The maximum absolute atomic E-state index is 6.22. The molecule has 1 N–H and O–H groups in total. The Bertz CT molecular complexity index is 619. The standard InChI is InChI=1S/C15H14Br2ClNO/c1-19-15(11-8-10(16)4-5-12(11)17)9-3-6-14(20-2)13(18)7-9/h3-8,15,19H,1-2H3. The molecule has 0 fully saturated rings. The molecule has 0 aliphatic rings. The van der Waals surface area contributed by atoms with Crippen LogP contribution in [0.25, 0.3) is 0 Å². The van der Waals surface area contributed by atoms with E-state index in [1.807, 2.05) is 37.4 Å². The molecule has 0 amide bonds. The van der Waals surface area contributed by atoms with Crippen molar-refractivity contribution in [3.05, 3.63) is 61.5 Å². The molecular formula is C15H14Br2ClNO. The summed E-state index contributed by atoms with van der Waals surface area (Å²) in [6.07, 6.45) is 0. The maximum atomic E-state index is 6.22. The van der Waals surface area contributed by atoms with Crippen molar-refractivity contribution >= 4 is 43.5 Å². The molecule has 20 heavy (non-hydrogen) atoms. The predicted molar refractivity (Wildman–Crippen MR) is 90.7 cm³/mol. The Morgan fingerprint density at radius 1 is 1.15 bits per heavy atom. The second kappa shape index (κ2) is 6.94. The average Bonchev–Trinajstić information content (AvgIpc) is 2.44. The first kappa shape index (κ1) is 15.8. The Balaban J connectivity index is 2.46. The van der Waals surface area contributed by atoms with Gasteiger partial charge in [0.05, 0.1) is 18.2 Å². The Labute approximate surface area is 140 Å². The van der Waals surface area contributed by atoms with Gasteiger partial charge in [-0.05, 0) is 48.5 Å². The minimum Gasteiger partial charge on any atom is -0.495 e. The molecule has 1 atom stereocenters. The van der Waals surface area contributed by atoms with Crippen molar-refractivity contribution < 1.29 is 4.74 Å². The van der Waals surface area contributed by atoms with E-state index in [0.29, 0.717) is 10.8 Å². The van der Waals surface area contributed by atoms with Crippen LogP contribution in [-0.4, -0.2) is 14.2 Å². The highest BCUT2D eigenvalue weighted by molar-refractivity contribution is 9.11. The lowest BCUT2D eigenvalue weighted by Crippen LogP contribution is -2.18. The van der Waals surface area contributed by atoms with E-state index in [9.17, 15) is 0 Å². The summed E-state index contributed by atoms with van der Waals surface area (Å²) in [5.41, 5.74) is 2.22. The zero-order valence-corrected chi connectivity index (χ0v) is 15.0. The summed E-state index contributed by atoms with van der Waals surface area (Å²) in [5, 5.41) is 3.92. The van der Waals surface area contributed by atoms with Gasteiger partial charge < -0.3 is 10.1 Å². The van der Waals surface area contributed by atoms with Gasteiger partial charge in [0.2, 0.25) is 0 Å². The van der Waals surface area contributed by atoms with Gasteiger partial charge in [0.15, 0.2) is 0 Å². The summed E-state index contributed by atoms with van der Waals surface area (Å²) >= 11 is 13.3. The van der Waals surface area contributed by atoms with E-state index in [4.69, 9.17) is 16.3 Å². The van der Waals surface area contributed by atoms with Gasteiger partial charge >= 0.3 is 0 Å². The predicted octanol–water partition coefficient (Wildman–Crippen LogP) is 5.18. The molecule has 0 aliphatic heterocycles. The fourth-order valence-electron chi connectivity index (χ4n) is 2.10. The lowest BCUT2D eigenvalue weighted by molar-refractivity contribution is 0.414. The van der Waals surface area contributed by atoms with E-state index in [2.05, 4.69) is 43.2 Å². The van der Waals surface area contributed by atoms with Gasteiger partial charge in [-0.15, -0.1) is 0 Å². The van der Waals surface area contributed by atoms with Crippen LogP contribution in [0.3, 0.4) is 0 Å². The largest absolute Gasteiger partial charge is 0.495 e. The van der Waals surface area contributed by atoms with E-state index in [-0.39, 0.29) is 6.04 Å². The molecule has 0 radical (unpaired) electrons. The summed E-state index contributed by atoms with van der Waals surface area (Å²) in [7, 11) is 3.54. The Morgan fingerprint density at radius 2 is 1.90 bits per heavy atom. The van der Waals surface area contributed by atoms with Crippen LogP contribution in [0.4, 0.5) is 0 Å². The first-order chi connectivity index (χ1) is 9.56. The molecule has 2 nitrogen and oxygen atoms in total. The topological polar surface area (TPSA) is 21.3 Å². The zero-order valence-electron chi connectivity index (χ0n) is 11.1. The number of nitrogens with one attached hydrogen (secondary N) is 1. The number of halogens is 3. The van der Waals surface area contributed by atoms with Crippen LogP contribution >= 0.6 is 43.5 Å². The quantitative estimate of drug-likeness (QED) is 0.737. The third kappa shape index (κ3) is 3.37. The molecule has 0 saturated carbocycles. The average molecular weight is 420 g/mol. The first-order valence-electron chi connectivity index (χ1n) is 6.02. The van der Waals surface area contributed by atoms with Crippen molar-refractivity contribution in [1.82, 2.24) is 5.32 Å². The normalized spacial score (nSPS) is 12.2. The smallest absolute Gasteiger partial charge is 0.137 e. The van der Waals surface area contributed by atoms with Crippen molar-refractivity contribution in [3.8, 4) is 5.75 Å². The van der Waals surface area contributed by atoms with Crippen molar-refractivity contribution in [1.29, 1.82) is 0 Å². The van der Waals surface area contributed by atoms with Gasteiger partial charge in [0.25, 0.3) is 0 Å². The highest BCUT2D eigenvalue weighted by Gasteiger charge is 2.16. The molecule has 2 rings (SSSR count). The number of hydrogen-bond acceptors (Lipinski definition) is 2. The molecular weight excluding hydrogens is 405 g/mol. The number of benzene rings is 2. The molecule has 2 aromatic rings. The number of rotatable bonds is 4. The first-order valence-corrected chi connectivity index (χ1v) is 7.99. The third-order valence-corrected chi connectivity index (χ3v) is 4.58. The van der Waals surface area contributed by atoms with Crippen LogP contribution < -0.4 is 10.1 Å². The lowest BCUT2D eigenvalue weighted by atomic mass is 9.99. The summed E-state index contributed by atoms with van der Waals surface area (Å²) in [6.45, 7) is 0. The molecule has 0 aliphatic carbocycles.